The third kappa shape index (κ3) is 4.30. The average molecular weight is 409 g/mol. The van der Waals surface area contributed by atoms with Crippen LogP contribution in [-0.2, 0) is 0 Å². The van der Waals surface area contributed by atoms with Gasteiger partial charge in [-0.15, -0.1) is 0 Å². The number of hydrazone groups is 1. The zero-order valence-electron chi connectivity index (χ0n) is 16.3. The number of benzene rings is 3. The molecule has 30 heavy (non-hydrogen) atoms. The number of phenolic OH excluding ortho intramolecular Hbond substituents is 1. The Labute approximate surface area is 171 Å². The van der Waals surface area contributed by atoms with Gasteiger partial charge in [0.2, 0.25) is 0 Å². The van der Waals surface area contributed by atoms with Gasteiger partial charge in [-0.2, -0.15) is 5.10 Å². The number of ether oxygens (including phenoxy) is 2. The van der Waals surface area contributed by atoms with Crippen molar-refractivity contribution in [2.45, 2.75) is 6.92 Å². The summed E-state index contributed by atoms with van der Waals surface area (Å²) in [5, 5.41) is 26.9. The van der Waals surface area contributed by atoms with Crippen LogP contribution in [0, 0.1) is 10.1 Å². The maximum Gasteiger partial charge on any atom is 0.275 e. The van der Waals surface area contributed by atoms with Gasteiger partial charge in [0.05, 0.1) is 36.5 Å². The minimum atomic E-state index is -0.613. The number of hydrogen-bond donors (Lipinski definition) is 2. The summed E-state index contributed by atoms with van der Waals surface area (Å²) in [4.78, 5) is 23.1. The van der Waals surface area contributed by atoms with Crippen LogP contribution in [0.3, 0.4) is 0 Å². The number of rotatable bonds is 7. The van der Waals surface area contributed by atoms with Crippen molar-refractivity contribution in [3.8, 4) is 17.2 Å². The van der Waals surface area contributed by atoms with Gasteiger partial charge in [0.25, 0.3) is 11.6 Å². The highest BCUT2D eigenvalue weighted by Gasteiger charge is 2.17. The number of fused-ring (bicyclic) bond motifs is 1. The molecule has 0 aliphatic rings. The molecule has 0 radical (unpaired) electrons. The van der Waals surface area contributed by atoms with Crippen molar-refractivity contribution in [2.24, 2.45) is 5.10 Å². The smallest absolute Gasteiger partial charge is 0.275 e. The molecule has 0 aliphatic heterocycles. The molecule has 0 atom stereocenters. The molecule has 0 aliphatic carbocycles. The average Bonchev–Trinajstić information content (AvgIpc) is 2.75. The number of nitrogens with one attached hydrogen (secondary N) is 1. The van der Waals surface area contributed by atoms with E-state index in [2.05, 4.69) is 10.5 Å². The summed E-state index contributed by atoms with van der Waals surface area (Å²) in [6.45, 7) is 1.90. The normalized spacial score (nSPS) is 10.9. The summed E-state index contributed by atoms with van der Waals surface area (Å²) in [6, 6.07) is 13.2. The fourth-order valence-electron chi connectivity index (χ4n) is 2.87. The van der Waals surface area contributed by atoms with Gasteiger partial charge >= 0.3 is 0 Å². The van der Waals surface area contributed by atoms with Crippen LogP contribution >= 0.6 is 0 Å². The molecule has 3 aromatic rings. The molecule has 2 N–H and O–H groups in total. The Morgan fingerprint density at radius 2 is 1.90 bits per heavy atom. The van der Waals surface area contributed by atoms with Gasteiger partial charge in [0.15, 0.2) is 11.5 Å². The Balaban J connectivity index is 1.87. The number of carbonyl (C=O) groups excluding carboxylic acids is 1. The van der Waals surface area contributed by atoms with E-state index in [4.69, 9.17) is 9.47 Å². The Bertz CT molecular complexity index is 1140. The number of nitrogens with zero attached hydrogens (tertiary/aromatic N) is 2. The number of phenols is 1. The van der Waals surface area contributed by atoms with Crippen molar-refractivity contribution >= 4 is 28.6 Å². The minimum Gasteiger partial charge on any atom is -0.504 e. The van der Waals surface area contributed by atoms with Crippen LogP contribution in [0.4, 0.5) is 5.69 Å². The van der Waals surface area contributed by atoms with E-state index in [0.29, 0.717) is 5.75 Å². The van der Waals surface area contributed by atoms with Gasteiger partial charge in [-0.3, -0.25) is 14.9 Å². The summed E-state index contributed by atoms with van der Waals surface area (Å²) < 4.78 is 10.5. The fraction of sp³-hybridized carbons (Fsp3) is 0.143. The van der Waals surface area contributed by atoms with Gasteiger partial charge in [-0.1, -0.05) is 24.3 Å². The van der Waals surface area contributed by atoms with E-state index in [-0.39, 0.29) is 34.9 Å². The lowest BCUT2D eigenvalue weighted by Gasteiger charge is -2.09. The first-order valence-electron chi connectivity index (χ1n) is 8.99. The molecule has 0 aromatic heterocycles. The van der Waals surface area contributed by atoms with E-state index < -0.39 is 10.8 Å². The number of methoxy groups -OCH3 is 1. The van der Waals surface area contributed by atoms with Crippen LogP contribution < -0.4 is 14.9 Å². The first-order chi connectivity index (χ1) is 14.4. The third-order valence-corrected chi connectivity index (χ3v) is 4.28. The van der Waals surface area contributed by atoms with Crippen molar-refractivity contribution in [3.63, 3.8) is 0 Å². The number of non-ortho nitro benzene ring substituents is 1. The Morgan fingerprint density at radius 3 is 2.53 bits per heavy atom. The zero-order chi connectivity index (χ0) is 21.7. The van der Waals surface area contributed by atoms with E-state index in [0.717, 1.165) is 29.1 Å². The number of hydrogen-bond acceptors (Lipinski definition) is 7. The summed E-state index contributed by atoms with van der Waals surface area (Å²) >= 11 is 0. The molecule has 0 saturated heterocycles. The Hall–Kier alpha value is -4.14. The molecular weight excluding hydrogens is 390 g/mol. The van der Waals surface area contributed by atoms with Crippen molar-refractivity contribution in [3.05, 3.63) is 69.8 Å². The lowest BCUT2D eigenvalue weighted by atomic mass is 10.1. The van der Waals surface area contributed by atoms with Crippen LogP contribution in [-0.4, -0.2) is 35.9 Å². The van der Waals surface area contributed by atoms with Crippen LogP contribution in [0.25, 0.3) is 10.8 Å². The molecule has 0 saturated carbocycles. The van der Waals surface area contributed by atoms with Crippen LogP contribution in [0.2, 0.25) is 0 Å². The molecule has 3 aromatic carbocycles. The minimum absolute atomic E-state index is 0.0263. The van der Waals surface area contributed by atoms with Crippen molar-refractivity contribution in [1.29, 1.82) is 0 Å². The number of nitro benzene ring substituents is 1. The third-order valence-electron chi connectivity index (χ3n) is 4.28. The quantitative estimate of drug-likeness (QED) is 0.349. The largest absolute Gasteiger partial charge is 0.504 e. The van der Waals surface area contributed by atoms with Gasteiger partial charge < -0.3 is 14.6 Å². The maximum atomic E-state index is 12.6. The fourth-order valence-corrected chi connectivity index (χ4v) is 2.87. The van der Waals surface area contributed by atoms with Gasteiger partial charge in [-0.25, -0.2) is 5.43 Å². The van der Waals surface area contributed by atoms with Crippen LogP contribution in [0.1, 0.15) is 22.8 Å². The molecule has 0 unspecified atom stereocenters. The first kappa shape index (κ1) is 20.6. The number of aromatic hydroxyl groups is 1. The van der Waals surface area contributed by atoms with E-state index in [1.165, 1.54) is 7.11 Å². The van der Waals surface area contributed by atoms with E-state index in [9.17, 15) is 20.0 Å². The monoisotopic (exact) mass is 409 g/mol. The van der Waals surface area contributed by atoms with E-state index in [1.54, 1.807) is 19.1 Å². The Kier molecular flexibility index (Phi) is 6.11. The second-order valence-electron chi connectivity index (χ2n) is 6.17. The predicted octanol–water partition coefficient (Wildman–Crippen LogP) is 3.62. The van der Waals surface area contributed by atoms with Crippen LogP contribution in [0.5, 0.6) is 17.2 Å². The number of carbonyl (C=O) groups is 1. The standard InChI is InChI=1S/C21H19N3O6/c1-3-30-19-11-16(24(27)28)8-15(20(19)25)12-22-23-21(26)17-9-13-6-4-5-7-14(13)10-18(17)29-2/h4-12,25H,3H2,1-2H3,(H,23,26)/b22-12-. The zero-order valence-corrected chi connectivity index (χ0v) is 16.3. The molecular formula is C21H19N3O6. The lowest BCUT2D eigenvalue weighted by molar-refractivity contribution is -0.385. The molecule has 0 bridgehead atoms. The highest BCUT2D eigenvalue weighted by Crippen LogP contribution is 2.34. The van der Waals surface area contributed by atoms with E-state index >= 15 is 0 Å². The van der Waals surface area contributed by atoms with E-state index in [1.807, 2.05) is 24.3 Å². The lowest BCUT2D eigenvalue weighted by Crippen LogP contribution is -2.18. The SMILES string of the molecule is CCOc1cc([N+](=O)[O-])cc(/C=N\NC(=O)c2cc3ccccc3cc2OC)c1O. The molecule has 154 valence electrons. The highest BCUT2D eigenvalue weighted by atomic mass is 16.6. The van der Waals surface area contributed by atoms with Crippen molar-refractivity contribution < 1.29 is 24.3 Å². The topological polar surface area (TPSA) is 123 Å². The first-order valence-corrected chi connectivity index (χ1v) is 8.99. The second-order valence-corrected chi connectivity index (χ2v) is 6.17. The summed E-state index contributed by atoms with van der Waals surface area (Å²) in [6.07, 6.45) is 1.11. The predicted molar refractivity (Wildman–Crippen MR) is 111 cm³/mol. The second kappa shape index (κ2) is 8.91. The molecule has 1 amide bonds. The van der Waals surface area contributed by atoms with Gasteiger partial charge in [0.1, 0.15) is 5.75 Å². The number of amides is 1. The maximum absolute atomic E-state index is 12.6. The van der Waals surface area contributed by atoms with Crippen LogP contribution in [0.15, 0.2) is 53.6 Å². The summed E-state index contributed by atoms with van der Waals surface area (Å²) in [5.74, 6) is -0.526. The molecule has 0 spiro atoms. The Morgan fingerprint density at radius 1 is 1.20 bits per heavy atom. The van der Waals surface area contributed by atoms with Gasteiger partial charge in [0, 0.05) is 11.6 Å². The van der Waals surface area contributed by atoms with Crippen molar-refractivity contribution in [1.82, 2.24) is 5.43 Å². The molecule has 3 rings (SSSR count). The van der Waals surface area contributed by atoms with Gasteiger partial charge in [-0.05, 0) is 29.8 Å². The van der Waals surface area contributed by atoms with Crippen molar-refractivity contribution in [2.75, 3.05) is 13.7 Å². The molecule has 0 heterocycles. The molecule has 0 fully saturated rings. The summed E-state index contributed by atoms with van der Waals surface area (Å²) in [7, 11) is 1.46. The molecule has 9 heteroatoms. The molecule has 9 nitrogen and oxygen atoms in total. The summed E-state index contributed by atoms with van der Waals surface area (Å²) in [5.41, 5.74) is 2.36. The number of nitro groups is 1. The highest BCUT2D eigenvalue weighted by molar-refractivity contribution is 6.02.